The van der Waals surface area contributed by atoms with Crippen molar-refractivity contribution in [2.24, 2.45) is 0 Å². The number of ether oxygens (including phenoxy) is 2. The van der Waals surface area contributed by atoms with Gasteiger partial charge < -0.3 is 15.2 Å². The first-order chi connectivity index (χ1) is 11.7. The minimum absolute atomic E-state index is 0. The summed E-state index contributed by atoms with van der Waals surface area (Å²) in [5, 5.41) is 3.00. The lowest BCUT2D eigenvalue weighted by Gasteiger charge is -2.11. The van der Waals surface area contributed by atoms with E-state index in [2.05, 4.69) is 5.38 Å². The van der Waals surface area contributed by atoms with E-state index in [9.17, 15) is 0 Å². The highest BCUT2D eigenvalue weighted by molar-refractivity contribution is 7.13. The van der Waals surface area contributed by atoms with Crippen LogP contribution in [0.15, 0.2) is 47.8 Å². The molecule has 0 atom stereocenters. The van der Waals surface area contributed by atoms with Gasteiger partial charge in [-0.25, -0.2) is 4.98 Å². The van der Waals surface area contributed by atoms with Gasteiger partial charge in [-0.3, -0.25) is 0 Å². The van der Waals surface area contributed by atoms with E-state index in [0.717, 1.165) is 39.0 Å². The van der Waals surface area contributed by atoms with Crippen molar-refractivity contribution in [2.75, 3.05) is 18.9 Å². The zero-order valence-electron chi connectivity index (χ0n) is 14.2. The third-order valence-corrected chi connectivity index (χ3v) is 4.39. The Morgan fingerprint density at radius 2 is 1.56 bits per heavy atom. The Balaban J connectivity index is 0.00000225. The molecule has 132 valence electrons. The molecule has 0 saturated heterocycles. The van der Waals surface area contributed by atoms with E-state index in [1.165, 1.54) is 0 Å². The highest BCUT2D eigenvalue weighted by atomic mass is 35.5. The van der Waals surface area contributed by atoms with Gasteiger partial charge in [0.1, 0.15) is 5.01 Å². The average Bonchev–Trinajstić information content (AvgIpc) is 3.07. The van der Waals surface area contributed by atoms with Crippen molar-refractivity contribution < 1.29 is 9.47 Å². The van der Waals surface area contributed by atoms with Gasteiger partial charge in [0.05, 0.1) is 18.9 Å². The summed E-state index contributed by atoms with van der Waals surface area (Å²) in [6.07, 6.45) is 0. The van der Waals surface area contributed by atoms with Gasteiger partial charge in [0.15, 0.2) is 11.5 Å². The van der Waals surface area contributed by atoms with Crippen LogP contribution in [0.4, 0.5) is 5.69 Å². The molecule has 0 unspecified atom stereocenters. The fourth-order valence-electron chi connectivity index (χ4n) is 2.38. The molecule has 0 spiro atoms. The third kappa shape index (κ3) is 4.44. The Kier molecular flexibility index (Phi) is 6.67. The number of hydrogen-bond donors (Lipinski definition) is 1. The van der Waals surface area contributed by atoms with Crippen LogP contribution in [0.3, 0.4) is 0 Å². The Bertz CT molecular complexity index is 819. The molecule has 3 aromatic rings. The van der Waals surface area contributed by atoms with Crippen LogP contribution >= 0.6 is 23.7 Å². The lowest BCUT2D eigenvalue weighted by Crippen LogP contribution is -1.98. The van der Waals surface area contributed by atoms with Crippen molar-refractivity contribution >= 4 is 29.4 Å². The number of aromatic nitrogens is 1. The van der Waals surface area contributed by atoms with Gasteiger partial charge in [-0.05, 0) is 44.2 Å². The third-order valence-electron chi connectivity index (χ3n) is 3.50. The van der Waals surface area contributed by atoms with E-state index in [0.29, 0.717) is 13.2 Å². The summed E-state index contributed by atoms with van der Waals surface area (Å²) >= 11 is 1.61. The molecule has 2 aromatic carbocycles. The number of rotatable bonds is 6. The Morgan fingerprint density at radius 1 is 0.920 bits per heavy atom. The van der Waals surface area contributed by atoms with Crippen LogP contribution in [0.25, 0.3) is 21.8 Å². The summed E-state index contributed by atoms with van der Waals surface area (Å²) in [5.41, 5.74) is 9.52. The van der Waals surface area contributed by atoms with Crippen LogP contribution in [-0.4, -0.2) is 18.2 Å². The number of thiazole rings is 1. The quantitative estimate of drug-likeness (QED) is 0.594. The van der Waals surface area contributed by atoms with Gasteiger partial charge >= 0.3 is 0 Å². The van der Waals surface area contributed by atoms with Crippen LogP contribution in [0.2, 0.25) is 0 Å². The fourth-order valence-corrected chi connectivity index (χ4v) is 3.20. The van der Waals surface area contributed by atoms with Gasteiger partial charge in [-0.1, -0.05) is 12.1 Å². The second-order valence-corrected chi connectivity index (χ2v) is 6.05. The van der Waals surface area contributed by atoms with E-state index in [1.54, 1.807) is 11.3 Å². The number of halogens is 1. The maximum absolute atomic E-state index is 5.74. The Labute approximate surface area is 158 Å². The van der Waals surface area contributed by atoms with Crippen LogP contribution in [-0.2, 0) is 0 Å². The maximum atomic E-state index is 5.74. The van der Waals surface area contributed by atoms with Crippen molar-refractivity contribution in [3.63, 3.8) is 0 Å². The molecule has 6 heteroatoms. The first-order valence-electron chi connectivity index (χ1n) is 7.92. The lowest BCUT2D eigenvalue weighted by molar-refractivity contribution is 0.288. The summed E-state index contributed by atoms with van der Waals surface area (Å²) < 4.78 is 11.3. The van der Waals surface area contributed by atoms with Crippen molar-refractivity contribution in [2.45, 2.75) is 13.8 Å². The van der Waals surface area contributed by atoms with Crippen LogP contribution in [0, 0.1) is 0 Å². The summed E-state index contributed by atoms with van der Waals surface area (Å²) in [6, 6.07) is 13.7. The fraction of sp³-hybridized carbons (Fsp3) is 0.211. The number of benzene rings is 2. The Hall–Kier alpha value is -2.24. The topological polar surface area (TPSA) is 57.4 Å². The van der Waals surface area contributed by atoms with Gasteiger partial charge in [-0.15, -0.1) is 23.7 Å². The zero-order valence-corrected chi connectivity index (χ0v) is 15.8. The molecule has 0 aliphatic heterocycles. The van der Waals surface area contributed by atoms with Gasteiger partial charge in [0.2, 0.25) is 0 Å². The number of nitrogens with zero attached hydrogens (tertiary/aromatic N) is 1. The largest absolute Gasteiger partial charge is 0.490 e. The minimum Gasteiger partial charge on any atom is -0.490 e. The minimum atomic E-state index is 0. The van der Waals surface area contributed by atoms with Crippen LogP contribution in [0.1, 0.15) is 13.8 Å². The Morgan fingerprint density at radius 3 is 2.24 bits per heavy atom. The molecule has 0 bridgehead atoms. The number of anilines is 1. The predicted molar refractivity (Wildman–Crippen MR) is 107 cm³/mol. The second kappa shape index (κ2) is 8.74. The van der Waals surface area contributed by atoms with Crippen LogP contribution < -0.4 is 15.2 Å². The van der Waals surface area contributed by atoms with Crippen molar-refractivity contribution in [1.82, 2.24) is 4.98 Å². The van der Waals surface area contributed by atoms with Crippen LogP contribution in [0.5, 0.6) is 11.5 Å². The maximum Gasteiger partial charge on any atom is 0.161 e. The van der Waals surface area contributed by atoms with Gasteiger partial charge in [-0.2, -0.15) is 0 Å². The van der Waals surface area contributed by atoms with Gasteiger partial charge in [0.25, 0.3) is 0 Å². The molecule has 4 nitrogen and oxygen atoms in total. The van der Waals surface area contributed by atoms with E-state index in [1.807, 2.05) is 56.3 Å². The smallest absolute Gasteiger partial charge is 0.161 e. The first-order valence-corrected chi connectivity index (χ1v) is 8.80. The molecule has 3 rings (SSSR count). The van der Waals surface area contributed by atoms with E-state index < -0.39 is 0 Å². The molecular formula is C19H21ClN2O2S. The zero-order chi connectivity index (χ0) is 16.9. The van der Waals surface area contributed by atoms with Gasteiger partial charge in [0, 0.05) is 22.2 Å². The number of hydrogen-bond acceptors (Lipinski definition) is 5. The molecular weight excluding hydrogens is 356 g/mol. The molecule has 1 heterocycles. The number of nitrogens with two attached hydrogens (primary N) is 1. The SMILES string of the molecule is CCOc1ccc(-c2nc(-c3ccc(N)cc3)cs2)cc1OCC.Cl. The highest BCUT2D eigenvalue weighted by Crippen LogP contribution is 2.35. The first kappa shape index (κ1) is 19.1. The summed E-state index contributed by atoms with van der Waals surface area (Å²) in [4.78, 5) is 4.74. The summed E-state index contributed by atoms with van der Waals surface area (Å²) in [7, 11) is 0. The number of nitrogen functional groups attached to an aromatic ring is 1. The van der Waals surface area contributed by atoms with E-state index >= 15 is 0 Å². The molecule has 0 amide bonds. The molecule has 0 aliphatic rings. The van der Waals surface area contributed by atoms with Crippen molar-refractivity contribution in [3.8, 4) is 33.3 Å². The standard InChI is InChI=1S/C19H20N2O2S.ClH/c1-3-22-17-10-7-14(11-18(17)23-4-2)19-21-16(12-24-19)13-5-8-15(20)9-6-13;/h5-12H,3-4,20H2,1-2H3;1H. The molecule has 0 aliphatic carbocycles. The summed E-state index contributed by atoms with van der Waals surface area (Å²) in [6.45, 7) is 5.13. The average molecular weight is 377 g/mol. The molecule has 0 fully saturated rings. The molecule has 25 heavy (non-hydrogen) atoms. The van der Waals surface area contributed by atoms with Crippen molar-refractivity contribution in [3.05, 3.63) is 47.8 Å². The molecule has 0 saturated carbocycles. The van der Waals surface area contributed by atoms with E-state index in [-0.39, 0.29) is 12.4 Å². The molecule has 1 aromatic heterocycles. The normalized spacial score (nSPS) is 10.2. The monoisotopic (exact) mass is 376 g/mol. The predicted octanol–water partition coefficient (Wildman–Crippen LogP) is 5.28. The summed E-state index contributed by atoms with van der Waals surface area (Å²) in [5.74, 6) is 1.51. The molecule has 0 radical (unpaired) electrons. The lowest BCUT2D eigenvalue weighted by atomic mass is 10.1. The van der Waals surface area contributed by atoms with E-state index in [4.69, 9.17) is 20.2 Å². The second-order valence-electron chi connectivity index (χ2n) is 5.19. The highest BCUT2D eigenvalue weighted by Gasteiger charge is 2.11. The molecule has 2 N–H and O–H groups in total. The van der Waals surface area contributed by atoms with Crippen molar-refractivity contribution in [1.29, 1.82) is 0 Å².